The Morgan fingerprint density at radius 2 is 1.87 bits per heavy atom. The number of amides is 3. The standard InChI is InChI=1S/C30H34N6O3/c1-3-22-16-21-6-4-5-7-27(21)36(22)29(37)26-18-28(32-19-31-26)34-13-11-23(12-14-34)35-15-10-20-17-24(39-2)8-9-25(20)33-30(35)38/h4-9,17-19,22-23H,3,10-16H2,1-2H3,(H,33,38). The van der Waals surface area contributed by atoms with E-state index in [1.54, 1.807) is 7.11 Å². The zero-order chi connectivity index (χ0) is 26.9. The summed E-state index contributed by atoms with van der Waals surface area (Å²) in [7, 11) is 1.65. The topological polar surface area (TPSA) is 90.9 Å². The number of benzene rings is 2. The van der Waals surface area contributed by atoms with Crippen molar-refractivity contribution in [1.82, 2.24) is 14.9 Å². The van der Waals surface area contributed by atoms with Gasteiger partial charge in [-0.3, -0.25) is 4.79 Å². The number of rotatable bonds is 5. The lowest BCUT2D eigenvalue weighted by Gasteiger charge is -2.38. The summed E-state index contributed by atoms with van der Waals surface area (Å²) in [6, 6.07) is 16.0. The van der Waals surface area contributed by atoms with Gasteiger partial charge in [0.05, 0.1) is 7.11 Å². The van der Waals surface area contributed by atoms with E-state index in [1.807, 2.05) is 52.3 Å². The second-order valence-corrected chi connectivity index (χ2v) is 10.4. The minimum absolute atomic E-state index is 0.0522. The molecule has 3 aromatic rings. The van der Waals surface area contributed by atoms with Crippen LogP contribution in [-0.2, 0) is 12.8 Å². The molecule has 39 heavy (non-hydrogen) atoms. The molecule has 0 spiro atoms. The number of urea groups is 1. The molecule has 9 nitrogen and oxygen atoms in total. The number of para-hydroxylation sites is 1. The molecule has 3 aliphatic rings. The van der Waals surface area contributed by atoms with Gasteiger partial charge in [-0.25, -0.2) is 14.8 Å². The van der Waals surface area contributed by atoms with Gasteiger partial charge in [-0.05, 0) is 67.5 Å². The molecule has 3 aliphatic heterocycles. The highest BCUT2D eigenvalue weighted by Crippen LogP contribution is 2.35. The van der Waals surface area contributed by atoms with Crippen LogP contribution in [0.3, 0.4) is 0 Å². The second kappa shape index (κ2) is 10.6. The molecule has 1 unspecified atom stereocenters. The third-order valence-corrected chi connectivity index (χ3v) is 8.30. The predicted octanol–water partition coefficient (Wildman–Crippen LogP) is 4.53. The van der Waals surface area contributed by atoms with Crippen LogP contribution in [0.2, 0.25) is 0 Å². The Balaban J connectivity index is 1.13. The van der Waals surface area contributed by atoms with Crippen LogP contribution in [0.15, 0.2) is 54.9 Å². The van der Waals surface area contributed by atoms with Gasteiger partial charge in [0.2, 0.25) is 0 Å². The van der Waals surface area contributed by atoms with E-state index in [9.17, 15) is 9.59 Å². The molecular formula is C30H34N6O3. The minimum Gasteiger partial charge on any atom is -0.497 e. The molecular weight excluding hydrogens is 492 g/mol. The van der Waals surface area contributed by atoms with Crippen LogP contribution in [0, 0.1) is 0 Å². The fourth-order valence-electron chi connectivity index (χ4n) is 6.13. The first kappa shape index (κ1) is 25.2. The summed E-state index contributed by atoms with van der Waals surface area (Å²) < 4.78 is 5.36. The molecule has 0 bridgehead atoms. The Morgan fingerprint density at radius 1 is 1.05 bits per heavy atom. The van der Waals surface area contributed by atoms with Crippen LogP contribution < -0.4 is 19.9 Å². The number of ether oxygens (including phenoxy) is 1. The van der Waals surface area contributed by atoms with Gasteiger partial charge in [0, 0.05) is 49.2 Å². The van der Waals surface area contributed by atoms with E-state index < -0.39 is 0 Å². The number of carbonyl (C=O) groups is 2. The van der Waals surface area contributed by atoms with E-state index >= 15 is 0 Å². The van der Waals surface area contributed by atoms with Crippen molar-refractivity contribution < 1.29 is 14.3 Å². The summed E-state index contributed by atoms with van der Waals surface area (Å²) in [6.45, 7) is 4.29. The lowest BCUT2D eigenvalue weighted by Crippen LogP contribution is -2.49. The molecule has 1 fully saturated rings. The summed E-state index contributed by atoms with van der Waals surface area (Å²) in [5.74, 6) is 1.47. The molecule has 202 valence electrons. The number of methoxy groups -OCH3 is 1. The quantitative estimate of drug-likeness (QED) is 0.526. The van der Waals surface area contributed by atoms with E-state index in [0.717, 1.165) is 73.7 Å². The Kier molecular flexibility index (Phi) is 6.81. The highest BCUT2D eigenvalue weighted by atomic mass is 16.5. The molecule has 4 heterocycles. The lowest BCUT2D eigenvalue weighted by molar-refractivity contribution is 0.0974. The maximum absolute atomic E-state index is 13.6. The van der Waals surface area contributed by atoms with Crippen molar-refractivity contribution in [3.05, 3.63) is 71.7 Å². The third-order valence-electron chi connectivity index (χ3n) is 8.30. The largest absolute Gasteiger partial charge is 0.497 e. The Labute approximate surface area is 228 Å². The molecule has 0 saturated carbocycles. The first-order valence-electron chi connectivity index (χ1n) is 13.8. The van der Waals surface area contributed by atoms with Crippen molar-refractivity contribution in [2.75, 3.05) is 41.9 Å². The maximum atomic E-state index is 13.6. The monoisotopic (exact) mass is 526 g/mol. The van der Waals surface area contributed by atoms with E-state index in [4.69, 9.17) is 4.74 Å². The summed E-state index contributed by atoms with van der Waals surface area (Å²) in [5, 5.41) is 3.08. The van der Waals surface area contributed by atoms with Crippen molar-refractivity contribution in [3.8, 4) is 5.75 Å². The highest BCUT2D eigenvalue weighted by molar-refractivity contribution is 6.07. The number of nitrogens with one attached hydrogen (secondary N) is 1. The first-order valence-corrected chi connectivity index (χ1v) is 13.8. The number of carbonyl (C=O) groups excluding carboxylic acids is 2. The summed E-state index contributed by atoms with van der Waals surface area (Å²) in [4.78, 5) is 41.6. The van der Waals surface area contributed by atoms with Crippen molar-refractivity contribution in [2.45, 2.75) is 51.1 Å². The molecule has 0 radical (unpaired) electrons. The Morgan fingerprint density at radius 3 is 2.67 bits per heavy atom. The number of anilines is 3. The molecule has 2 aromatic carbocycles. The average molecular weight is 527 g/mol. The van der Waals surface area contributed by atoms with Crippen LogP contribution in [0.5, 0.6) is 5.75 Å². The van der Waals surface area contributed by atoms with Gasteiger partial charge in [0.25, 0.3) is 5.91 Å². The van der Waals surface area contributed by atoms with Gasteiger partial charge < -0.3 is 24.8 Å². The summed E-state index contributed by atoms with van der Waals surface area (Å²) in [5.41, 5.74) is 4.54. The first-order chi connectivity index (χ1) is 19.1. The fraction of sp³-hybridized carbons (Fsp3) is 0.400. The van der Waals surface area contributed by atoms with E-state index in [-0.39, 0.29) is 24.0 Å². The van der Waals surface area contributed by atoms with Gasteiger partial charge in [0.1, 0.15) is 23.6 Å². The van der Waals surface area contributed by atoms with Gasteiger partial charge >= 0.3 is 6.03 Å². The van der Waals surface area contributed by atoms with Gasteiger partial charge in [-0.2, -0.15) is 0 Å². The number of aromatic nitrogens is 2. The zero-order valence-corrected chi connectivity index (χ0v) is 22.5. The van der Waals surface area contributed by atoms with Crippen molar-refractivity contribution in [1.29, 1.82) is 0 Å². The Bertz CT molecular complexity index is 1390. The SMILES string of the molecule is CCC1Cc2ccccc2N1C(=O)c1cc(N2CCC(N3CCc4cc(OC)ccc4NC3=O)CC2)ncn1. The molecule has 1 aromatic heterocycles. The molecule has 6 rings (SSSR count). The Hall–Kier alpha value is -4.14. The second-order valence-electron chi connectivity index (χ2n) is 10.4. The van der Waals surface area contributed by atoms with E-state index in [1.165, 1.54) is 11.9 Å². The van der Waals surface area contributed by atoms with Gasteiger partial charge in [-0.1, -0.05) is 25.1 Å². The number of nitrogens with zero attached hydrogens (tertiary/aromatic N) is 5. The fourth-order valence-corrected chi connectivity index (χ4v) is 6.13. The maximum Gasteiger partial charge on any atom is 0.322 e. The van der Waals surface area contributed by atoms with E-state index in [2.05, 4.69) is 33.2 Å². The van der Waals surface area contributed by atoms with Crippen LogP contribution >= 0.6 is 0 Å². The molecule has 9 heteroatoms. The van der Waals surface area contributed by atoms with Gasteiger partial charge in [0.15, 0.2) is 0 Å². The number of hydrogen-bond acceptors (Lipinski definition) is 6. The molecule has 1 N–H and O–H groups in total. The minimum atomic E-state index is -0.0808. The molecule has 0 aliphatic carbocycles. The molecule has 3 amide bonds. The average Bonchev–Trinajstić information content (AvgIpc) is 3.28. The smallest absolute Gasteiger partial charge is 0.322 e. The van der Waals surface area contributed by atoms with Crippen LogP contribution in [0.1, 0.15) is 47.8 Å². The number of hydrogen-bond donors (Lipinski definition) is 1. The third kappa shape index (κ3) is 4.77. The number of fused-ring (bicyclic) bond motifs is 2. The van der Waals surface area contributed by atoms with Crippen molar-refractivity contribution in [2.24, 2.45) is 0 Å². The lowest BCUT2D eigenvalue weighted by atomic mass is 10.0. The van der Waals surface area contributed by atoms with Crippen LogP contribution in [0.4, 0.5) is 22.0 Å². The van der Waals surface area contributed by atoms with Crippen LogP contribution in [-0.4, -0.2) is 65.6 Å². The van der Waals surface area contributed by atoms with Crippen LogP contribution in [0.25, 0.3) is 0 Å². The highest BCUT2D eigenvalue weighted by Gasteiger charge is 2.35. The molecule has 1 saturated heterocycles. The molecule has 1 atom stereocenters. The van der Waals surface area contributed by atoms with Crippen molar-refractivity contribution in [3.63, 3.8) is 0 Å². The summed E-state index contributed by atoms with van der Waals surface area (Å²) >= 11 is 0. The van der Waals surface area contributed by atoms with Gasteiger partial charge in [-0.15, -0.1) is 0 Å². The zero-order valence-electron chi connectivity index (χ0n) is 22.5. The summed E-state index contributed by atoms with van der Waals surface area (Å²) in [6.07, 6.45) is 5.68. The normalized spacial score (nSPS) is 19.3. The number of piperidine rings is 1. The van der Waals surface area contributed by atoms with E-state index in [0.29, 0.717) is 12.2 Å². The van der Waals surface area contributed by atoms with Crippen molar-refractivity contribution >= 4 is 29.1 Å². The predicted molar refractivity (Wildman–Crippen MR) is 151 cm³/mol.